The lowest BCUT2D eigenvalue weighted by Gasteiger charge is -2.32. The third-order valence-corrected chi connectivity index (χ3v) is 7.16. The number of benzene rings is 2. The second-order valence-corrected chi connectivity index (χ2v) is 9.97. The fourth-order valence-electron chi connectivity index (χ4n) is 4.02. The number of fused-ring (bicyclic) bond motifs is 3. The quantitative estimate of drug-likeness (QED) is 0.190. The van der Waals surface area contributed by atoms with Crippen molar-refractivity contribution in [2.75, 3.05) is 10.7 Å². The Balaban J connectivity index is 2.09. The van der Waals surface area contributed by atoms with Gasteiger partial charge in [0.25, 0.3) is 6.17 Å². The molecule has 0 spiro atoms. The van der Waals surface area contributed by atoms with Gasteiger partial charge in [-0.2, -0.15) is 0 Å². The molecule has 1 atom stereocenters. The van der Waals surface area contributed by atoms with Gasteiger partial charge in [-0.05, 0) is 35.4 Å². The third-order valence-electron chi connectivity index (χ3n) is 5.59. The number of para-hydroxylation sites is 1. The minimum Gasteiger partial charge on any atom is -0.424 e. The summed E-state index contributed by atoms with van der Waals surface area (Å²) in [4.78, 5) is 43.6. The number of nitrogens with zero attached hydrogens (tertiary/aromatic N) is 3. The Bertz CT molecular complexity index is 1390. The van der Waals surface area contributed by atoms with E-state index < -0.39 is 12.1 Å². The zero-order chi connectivity index (χ0) is 26.0. The molecule has 0 unspecified atom stereocenters. The number of amides is 1. The Labute approximate surface area is 222 Å². The van der Waals surface area contributed by atoms with Gasteiger partial charge >= 0.3 is 17.2 Å². The molecule has 0 bridgehead atoms. The van der Waals surface area contributed by atoms with E-state index in [0.717, 1.165) is 12.2 Å². The molecular weight excluding hydrogens is 523 g/mol. The molecule has 0 aliphatic carbocycles. The SMILES string of the molecule is CCCSc1n[n+]2c(c(=O)[nH]1)-c1ccccc1N(C(=O)CC)[C@@H]2c1cc(Cl)cc(Cl)c1OC(=O)CC. The van der Waals surface area contributed by atoms with E-state index in [4.69, 9.17) is 33.0 Å². The fraction of sp³-hybridized carbons (Fsp3) is 0.320. The van der Waals surface area contributed by atoms with Crippen LogP contribution in [0.2, 0.25) is 10.0 Å². The number of halogens is 2. The zero-order valence-corrected chi connectivity index (χ0v) is 22.3. The molecule has 36 heavy (non-hydrogen) atoms. The normalized spacial score (nSPS) is 14.2. The van der Waals surface area contributed by atoms with E-state index in [0.29, 0.717) is 22.0 Å². The first-order valence-electron chi connectivity index (χ1n) is 11.6. The minimum absolute atomic E-state index is 0.0643. The average molecular weight is 548 g/mol. The summed E-state index contributed by atoms with van der Waals surface area (Å²) in [5.41, 5.74) is 1.32. The van der Waals surface area contributed by atoms with Gasteiger partial charge in [0.15, 0.2) is 5.75 Å². The molecule has 188 valence electrons. The van der Waals surface area contributed by atoms with E-state index in [1.54, 1.807) is 49.1 Å². The maximum absolute atomic E-state index is 13.4. The van der Waals surface area contributed by atoms with Crippen molar-refractivity contribution >= 4 is 52.5 Å². The van der Waals surface area contributed by atoms with Gasteiger partial charge in [-0.1, -0.05) is 67.9 Å². The van der Waals surface area contributed by atoms with E-state index in [9.17, 15) is 14.4 Å². The lowest BCUT2D eigenvalue weighted by molar-refractivity contribution is -0.763. The van der Waals surface area contributed by atoms with E-state index in [1.165, 1.54) is 22.5 Å². The molecule has 2 aromatic carbocycles. The second kappa shape index (κ2) is 11.0. The molecule has 0 radical (unpaired) electrons. The number of hydrogen-bond acceptors (Lipinski definition) is 6. The summed E-state index contributed by atoms with van der Waals surface area (Å²) in [6, 6.07) is 10.2. The number of hydrogen-bond donors (Lipinski definition) is 1. The van der Waals surface area contributed by atoms with Gasteiger partial charge < -0.3 is 4.74 Å². The highest BCUT2D eigenvalue weighted by Gasteiger charge is 2.47. The number of nitrogens with one attached hydrogen (secondary N) is 1. The van der Waals surface area contributed by atoms with Crippen molar-refractivity contribution < 1.29 is 19.0 Å². The Kier molecular flexibility index (Phi) is 8.02. The van der Waals surface area contributed by atoms with Crippen molar-refractivity contribution in [3.63, 3.8) is 0 Å². The van der Waals surface area contributed by atoms with Crippen LogP contribution in [0.25, 0.3) is 11.3 Å². The summed E-state index contributed by atoms with van der Waals surface area (Å²) < 4.78 is 7.12. The molecule has 0 fully saturated rings. The number of rotatable bonds is 7. The average Bonchev–Trinajstić information content (AvgIpc) is 2.87. The number of carbonyl (C=O) groups excluding carboxylic acids is 2. The van der Waals surface area contributed by atoms with Crippen LogP contribution in [0, 0.1) is 0 Å². The lowest BCUT2D eigenvalue weighted by Crippen LogP contribution is -2.61. The molecule has 3 aromatic rings. The Morgan fingerprint density at radius 3 is 2.61 bits per heavy atom. The molecule has 4 rings (SSSR count). The highest BCUT2D eigenvalue weighted by Crippen LogP contribution is 2.43. The van der Waals surface area contributed by atoms with Crippen molar-refractivity contribution in [2.24, 2.45) is 0 Å². The first-order chi connectivity index (χ1) is 17.3. The Morgan fingerprint density at radius 2 is 1.92 bits per heavy atom. The molecule has 8 nitrogen and oxygen atoms in total. The summed E-state index contributed by atoms with van der Waals surface area (Å²) >= 11 is 14.3. The summed E-state index contributed by atoms with van der Waals surface area (Å²) in [6.45, 7) is 5.44. The molecule has 1 aliphatic rings. The van der Waals surface area contributed by atoms with Gasteiger partial charge in [-0.15, -0.1) is 0 Å². The summed E-state index contributed by atoms with van der Waals surface area (Å²) in [5, 5.41) is 5.53. The number of aromatic amines is 1. The van der Waals surface area contributed by atoms with Crippen LogP contribution in [0.4, 0.5) is 5.69 Å². The standard InChI is InChI=1S/C25H24Cl2N4O4S/c1-4-11-36-25-28-23(34)21-15-9-7-8-10-18(15)30(19(32)5-2)24(31(21)29-25)16-12-14(26)13-17(27)22(16)35-20(33)6-3/h7-10,12-13,24H,4-6,11H2,1-3H3/p+1/t24-/m0/s1. The lowest BCUT2D eigenvalue weighted by atomic mass is 10.0. The number of aromatic nitrogens is 3. The van der Waals surface area contributed by atoms with Gasteiger partial charge in [0.05, 0.1) is 21.8 Å². The van der Waals surface area contributed by atoms with Crippen LogP contribution in [0.15, 0.2) is 46.3 Å². The van der Waals surface area contributed by atoms with Crippen LogP contribution in [0.3, 0.4) is 0 Å². The first-order valence-corrected chi connectivity index (χ1v) is 13.3. The van der Waals surface area contributed by atoms with E-state index >= 15 is 0 Å². The smallest absolute Gasteiger partial charge is 0.325 e. The van der Waals surface area contributed by atoms with E-state index in [2.05, 4.69) is 4.98 Å². The Morgan fingerprint density at radius 1 is 1.17 bits per heavy atom. The number of anilines is 1. The topological polar surface area (TPSA) is 96.2 Å². The largest absolute Gasteiger partial charge is 0.424 e. The summed E-state index contributed by atoms with van der Waals surface area (Å²) in [5.74, 6) is 0.0749. The predicted octanol–water partition coefficient (Wildman–Crippen LogP) is 5.15. The zero-order valence-electron chi connectivity index (χ0n) is 20.0. The molecule has 0 saturated heterocycles. The van der Waals surface area contributed by atoms with Gasteiger partial charge in [0.1, 0.15) is 0 Å². The van der Waals surface area contributed by atoms with Gasteiger partial charge in [0, 0.05) is 28.7 Å². The van der Waals surface area contributed by atoms with Crippen LogP contribution in [0.1, 0.15) is 51.8 Å². The van der Waals surface area contributed by atoms with Crippen LogP contribution < -0.4 is 19.9 Å². The van der Waals surface area contributed by atoms with Crippen LogP contribution >= 0.6 is 35.0 Å². The summed E-state index contributed by atoms with van der Waals surface area (Å²) in [7, 11) is 0. The molecule has 1 aromatic heterocycles. The predicted molar refractivity (Wildman–Crippen MR) is 140 cm³/mol. The van der Waals surface area contributed by atoms with Crippen LogP contribution in [-0.4, -0.2) is 27.7 Å². The Hall–Kier alpha value is -2.88. The number of esters is 1. The molecule has 2 heterocycles. The van der Waals surface area contributed by atoms with Crippen molar-refractivity contribution in [1.82, 2.24) is 10.1 Å². The van der Waals surface area contributed by atoms with Gasteiger partial charge in [-0.3, -0.25) is 19.4 Å². The molecule has 1 N–H and O–H groups in total. The van der Waals surface area contributed by atoms with E-state index in [1.807, 2.05) is 6.92 Å². The van der Waals surface area contributed by atoms with Crippen LogP contribution in [0.5, 0.6) is 5.75 Å². The number of ether oxygens (including phenoxy) is 1. The molecule has 0 saturated carbocycles. The third kappa shape index (κ3) is 4.87. The van der Waals surface area contributed by atoms with Crippen molar-refractivity contribution in [3.05, 3.63) is 62.4 Å². The first kappa shape index (κ1) is 26.2. The summed E-state index contributed by atoms with van der Waals surface area (Å²) in [6.07, 6.45) is 0.188. The van der Waals surface area contributed by atoms with Gasteiger partial charge in [0.2, 0.25) is 11.1 Å². The number of H-pyrrole nitrogens is 1. The molecule has 1 aliphatic heterocycles. The fourth-order valence-corrected chi connectivity index (χ4v) is 5.28. The number of thioether (sulfide) groups is 1. The highest BCUT2D eigenvalue weighted by molar-refractivity contribution is 7.99. The molecular formula is C25H25Cl2N4O4S+. The monoisotopic (exact) mass is 547 g/mol. The maximum atomic E-state index is 13.4. The van der Waals surface area contributed by atoms with E-state index in [-0.39, 0.29) is 45.8 Å². The molecule has 1 amide bonds. The van der Waals surface area contributed by atoms with Crippen molar-refractivity contribution in [3.8, 4) is 17.0 Å². The highest BCUT2D eigenvalue weighted by atomic mass is 35.5. The molecule has 11 heteroatoms. The number of carbonyl (C=O) groups is 2. The van der Waals surface area contributed by atoms with Crippen molar-refractivity contribution in [1.29, 1.82) is 0 Å². The minimum atomic E-state index is -0.985. The van der Waals surface area contributed by atoms with Crippen molar-refractivity contribution in [2.45, 2.75) is 51.4 Å². The van der Waals surface area contributed by atoms with Crippen LogP contribution in [-0.2, 0) is 9.59 Å². The van der Waals surface area contributed by atoms with Gasteiger partial charge in [-0.25, -0.2) is 4.90 Å². The maximum Gasteiger partial charge on any atom is 0.325 e. The second-order valence-electron chi connectivity index (χ2n) is 8.04.